The molecule has 30 heavy (non-hydrogen) atoms. The fourth-order valence-electron chi connectivity index (χ4n) is 4.01. The van der Waals surface area contributed by atoms with E-state index in [1.54, 1.807) is 13.8 Å². The number of quaternary nitrogens is 1. The van der Waals surface area contributed by atoms with Crippen molar-refractivity contribution in [3.05, 3.63) is 12.2 Å². The topological polar surface area (TPSA) is 103 Å². The van der Waals surface area contributed by atoms with Crippen molar-refractivity contribution in [3.63, 3.8) is 0 Å². The van der Waals surface area contributed by atoms with Gasteiger partial charge in [-0.05, 0) is 51.9 Å². The number of rotatable bonds is 20. The van der Waals surface area contributed by atoms with Crippen LogP contribution >= 0.6 is 0 Å². The van der Waals surface area contributed by atoms with Crippen LogP contribution in [0.1, 0.15) is 130 Å². The van der Waals surface area contributed by atoms with Crippen LogP contribution in [0.15, 0.2) is 12.2 Å². The molecule has 0 aromatic rings. The smallest absolute Gasteiger partial charge is 0.218 e. The summed E-state index contributed by atoms with van der Waals surface area (Å²) in [5.74, 6) is 0.0861. The second-order valence-corrected chi connectivity index (χ2v) is 9.91. The van der Waals surface area contributed by atoms with E-state index in [1.807, 2.05) is 6.92 Å². The van der Waals surface area contributed by atoms with E-state index in [0.29, 0.717) is 0 Å². The summed E-state index contributed by atoms with van der Waals surface area (Å²) >= 11 is 0. The highest BCUT2D eigenvalue weighted by Crippen LogP contribution is 2.30. The average molecular weight is 450 g/mol. The van der Waals surface area contributed by atoms with Gasteiger partial charge < -0.3 is 10.7 Å². The Morgan fingerprint density at radius 1 is 0.800 bits per heavy atom. The molecule has 0 spiro atoms. The van der Waals surface area contributed by atoms with E-state index in [4.69, 9.17) is 4.18 Å². The molecule has 0 saturated heterocycles. The molecule has 0 bridgehead atoms. The Morgan fingerprint density at radius 3 is 1.67 bits per heavy atom. The maximum Gasteiger partial charge on any atom is 0.218 e. The third-order valence-corrected chi connectivity index (χ3v) is 6.49. The van der Waals surface area contributed by atoms with Gasteiger partial charge in [-0.3, -0.25) is 4.18 Å². The van der Waals surface area contributed by atoms with E-state index in [-0.39, 0.29) is 12.1 Å². The van der Waals surface area contributed by atoms with Gasteiger partial charge >= 0.3 is 0 Å². The van der Waals surface area contributed by atoms with Crippen LogP contribution in [0.5, 0.6) is 0 Å². The van der Waals surface area contributed by atoms with E-state index in [1.165, 1.54) is 77.0 Å². The molecule has 0 aliphatic heterocycles. The number of hydrogen-bond acceptors (Lipinski definition) is 4. The van der Waals surface area contributed by atoms with Crippen molar-refractivity contribution in [3.8, 4) is 0 Å². The Hall–Kier alpha value is -0.430. The van der Waals surface area contributed by atoms with E-state index >= 15 is 0 Å². The van der Waals surface area contributed by atoms with Gasteiger partial charge in [-0.1, -0.05) is 96.6 Å². The molecule has 0 rings (SSSR count). The lowest BCUT2D eigenvalue weighted by Gasteiger charge is -2.34. The van der Waals surface area contributed by atoms with E-state index in [2.05, 4.69) is 19.1 Å². The molecule has 0 fully saturated rings. The Bertz CT molecular complexity index is 503. The molecule has 4 N–H and O–H groups in total. The van der Waals surface area contributed by atoms with Crippen LogP contribution in [0.2, 0.25) is 0 Å². The lowest BCUT2D eigenvalue weighted by Crippen LogP contribution is -2.36. The summed E-state index contributed by atoms with van der Waals surface area (Å²) in [4.78, 5) is 0. The minimum Gasteiger partial charge on any atom is -0.726 e. The van der Waals surface area contributed by atoms with Gasteiger partial charge in [0.05, 0.1) is 5.60 Å². The van der Waals surface area contributed by atoms with Crippen molar-refractivity contribution in [1.29, 1.82) is 0 Å². The quantitative estimate of drug-likeness (QED) is 0.0877. The summed E-state index contributed by atoms with van der Waals surface area (Å²) < 4.78 is 37.5. The molecule has 0 radical (unpaired) electrons. The average Bonchev–Trinajstić information content (AvgIpc) is 2.62. The molecule has 5 nitrogen and oxygen atoms in total. The first-order valence-corrected chi connectivity index (χ1v) is 13.4. The zero-order valence-electron chi connectivity index (χ0n) is 20.6. The summed E-state index contributed by atoms with van der Waals surface area (Å²) in [6, 6.07) is 0. The first kappa shape index (κ1) is 31.8. The summed E-state index contributed by atoms with van der Waals surface area (Å²) in [6.45, 7) is 7.69. The van der Waals surface area contributed by atoms with Crippen molar-refractivity contribution in [1.82, 2.24) is 6.15 Å². The van der Waals surface area contributed by atoms with Gasteiger partial charge in [0, 0.05) is 0 Å². The molecule has 182 valence electrons. The molecule has 0 saturated carbocycles. The first-order valence-electron chi connectivity index (χ1n) is 12.0. The Kier molecular flexibility index (Phi) is 20.4. The van der Waals surface area contributed by atoms with Gasteiger partial charge in [-0.25, -0.2) is 8.42 Å². The van der Waals surface area contributed by atoms with E-state index < -0.39 is 16.0 Å². The number of allylic oxidation sites excluding steroid dienone is 2. The van der Waals surface area contributed by atoms with Gasteiger partial charge in [0.1, 0.15) is 0 Å². The monoisotopic (exact) mass is 449 g/mol. The second-order valence-electron chi connectivity index (χ2n) is 8.93. The molecule has 0 amide bonds. The lowest BCUT2D eigenvalue weighted by atomic mass is 9.84. The molecule has 0 aliphatic rings. The molecule has 0 aromatic heterocycles. The van der Waals surface area contributed by atoms with Crippen molar-refractivity contribution in [2.45, 2.75) is 136 Å². The number of hydrogen-bond donors (Lipinski definition) is 1. The maximum absolute atomic E-state index is 10.9. The van der Waals surface area contributed by atoms with Crippen LogP contribution in [-0.2, 0) is 14.6 Å². The molecule has 6 heteroatoms. The van der Waals surface area contributed by atoms with Crippen LogP contribution in [0, 0.1) is 5.92 Å². The summed E-state index contributed by atoms with van der Waals surface area (Å²) in [5, 5.41) is 0. The number of unbranched alkanes of at least 4 members (excludes halogenated alkanes) is 12. The Labute approximate surface area is 188 Å². The summed E-state index contributed by atoms with van der Waals surface area (Å²) in [5.41, 5.74) is -0.919. The fraction of sp³-hybridized carbons (Fsp3) is 0.917. The minimum absolute atomic E-state index is 0. The highest BCUT2D eigenvalue weighted by molar-refractivity contribution is 7.80. The van der Waals surface area contributed by atoms with Crippen molar-refractivity contribution in [2.75, 3.05) is 0 Å². The third kappa shape index (κ3) is 19.5. The van der Waals surface area contributed by atoms with Gasteiger partial charge in [-0.2, -0.15) is 0 Å². The van der Waals surface area contributed by atoms with Crippen LogP contribution in [-0.4, -0.2) is 18.6 Å². The highest BCUT2D eigenvalue weighted by atomic mass is 32.3. The van der Waals surface area contributed by atoms with Crippen molar-refractivity contribution < 1.29 is 17.2 Å². The zero-order valence-corrected chi connectivity index (χ0v) is 21.4. The molecule has 0 heterocycles. The van der Waals surface area contributed by atoms with Crippen LogP contribution in [0.25, 0.3) is 0 Å². The standard InChI is InChI=1S/C24H48O4S.H3N/c1-5-7-8-9-10-11-12-13-14-15-16-17-18-19-20-21-22-23(6-2)24(3,4)28-29(25,26)27;/h13-14,23H,5-12,15-22H2,1-4H3,(H,25,26,27);1H3/b14-13-;. The SMILES string of the molecule is CCCCCCCC/C=C\CCCCCCCCC(CC)C(C)(C)OS(=O)(=O)[O-].[NH4+]. The highest BCUT2D eigenvalue weighted by Gasteiger charge is 2.31. The third-order valence-electron chi connectivity index (χ3n) is 5.86. The largest absolute Gasteiger partial charge is 0.726 e. The second kappa shape index (κ2) is 19.3. The van der Waals surface area contributed by atoms with Gasteiger partial charge in [0.15, 0.2) is 0 Å². The Balaban J connectivity index is 0. The van der Waals surface area contributed by atoms with Gasteiger partial charge in [-0.15, -0.1) is 0 Å². The van der Waals surface area contributed by atoms with Crippen molar-refractivity contribution in [2.24, 2.45) is 5.92 Å². The fourth-order valence-corrected chi connectivity index (χ4v) is 4.67. The minimum atomic E-state index is -4.65. The van der Waals surface area contributed by atoms with Crippen molar-refractivity contribution >= 4 is 10.4 Å². The van der Waals surface area contributed by atoms with Gasteiger partial charge in [0.25, 0.3) is 0 Å². The van der Waals surface area contributed by atoms with E-state index in [9.17, 15) is 13.0 Å². The van der Waals surface area contributed by atoms with E-state index in [0.717, 1.165) is 25.7 Å². The van der Waals surface area contributed by atoms with Gasteiger partial charge in [0.2, 0.25) is 10.4 Å². The predicted octanol–water partition coefficient (Wildman–Crippen LogP) is 8.07. The summed E-state index contributed by atoms with van der Waals surface area (Å²) in [6.07, 6.45) is 24.3. The first-order chi connectivity index (χ1) is 13.7. The van der Waals surface area contributed by atoms with Crippen LogP contribution < -0.4 is 6.15 Å². The molecular weight excluding hydrogens is 398 g/mol. The zero-order chi connectivity index (χ0) is 22.0. The van der Waals surface area contributed by atoms with Crippen LogP contribution in [0.4, 0.5) is 0 Å². The maximum atomic E-state index is 10.9. The molecule has 0 aromatic carbocycles. The Morgan fingerprint density at radius 2 is 1.23 bits per heavy atom. The predicted molar refractivity (Wildman–Crippen MR) is 129 cm³/mol. The van der Waals surface area contributed by atoms with Crippen LogP contribution in [0.3, 0.4) is 0 Å². The molecule has 1 atom stereocenters. The summed E-state index contributed by atoms with van der Waals surface area (Å²) in [7, 11) is -4.65. The molecule has 1 unspecified atom stereocenters. The molecule has 0 aliphatic carbocycles. The lowest BCUT2D eigenvalue weighted by molar-refractivity contribution is 0.0301. The molecular formula is C24H51NO4S. The normalized spacial score (nSPS) is 13.5.